The lowest BCUT2D eigenvalue weighted by atomic mass is 10.3. The van der Waals surface area contributed by atoms with E-state index in [1.807, 2.05) is 0 Å². The molecule has 5 nitrogen and oxygen atoms in total. The second kappa shape index (κ2) is 5.64. The summed E-state index contributed by atoms with van der Waals surface area (Å²) < 4.78 is 39.6. The van der Waals surface area contributed by atoms with Gasteiger partial charge in [-0.3, -0.25) is 4.72 Å². The number of sulfonamides is 1. The summed E-state index contributed by atoms with van der Waals surface area (Å²) in [5, 5.41) is 2.73. The zero-order chi connectivity index (χ0) is 14.8. The van der Waals surface area contributed by atoms with Crippen molar-refractivity contribution < 1.29 is 12.8 Å². The third-order valence-electron chi connectivity index (χ3n) is 2.47. The van der Waals surface area contributed by atoms with Crippen molar-refractivity contribution in [3.8, 4) is 0 Å². The summed E-state index contributed by atoms with van der Waals surface area (Å²) in [6.07, 6.45) is 1.37. The second-order valence-electron chi connectivity index (χ2n) is 3.86. The number of nitrogens with zero attached hydrogens (tertiary/aromatic N) is 1. The van der Waals surface area contributed by atoms with Crippen LogP contribution < -0.4 is 10.0 Å². The highest BCUT2D eigenvalue weighted by molar-refractivity contribution is 7.92. The van der Waals surface area contributed by atoms with Crippen molar-refractivity contribution in [3.63, 3.8) is 0 Å². The molecule has 0 amide bonds. The minimum Gasteiger partial charge on any atom is -0.373 e. The third-order valence-corrected chi connectivity index (χ3v) is 4.15. The highest BCUT2D eigenvalue weighted by atomic mass is 35.5. The van der Waals surface area contributed by atoms with Crippen LogP contribution in [0.3, 0.4) is 0 Å². The maximum Gasteiger partial charge on any atom is 0.262 e. The molecule has 2 aromatic rings. The number of benzene rings is 1. The zero-order valence-electron chi connectivity index (χ0n) is 10.4. The van der Waals surface area contributed by atoms with Crippen LogP contribution >= 0.6 is 11.6 Å². The van der Waals surface area contributed by atoms with Gasteiger partial charge in [-0.05, 0) is 24.3 Å². The monoisotopic (exact) mass is 315 g/mol. The summed E-state index contributed by atoms with van der Waals surface area (Å²) in [7, 11) is -2.19. The second-order valence-corrected chi connectivity index (χ2v) is 5.95. The molecule has 0 unspecified atom stereocenters. The molecule has 1 heterocycles. The van der Waals surface area contributed by atoms with Gasteiger partial charge in [0.25, 0.3) is 10.0 Å². The fourth-order valence-corrected chi connectivity index (χ4v) is 2.85. The minimum absolute atomic E-state index is 0.0172. The molecule has 0 atom stereocenters. The van der Waals surface area contributed by atoms with E-state index in [0.29, 0.717) is 5.82 Å². The van der Waals surface area contributed by atoms with E-state index in [4.69, 9.17) is 11.6 Å². The Morgan fingerprint density at radius 1 is 1.25 bits per heavy atom. The van der Waals surface area contributed by atoms with Crippen LogP contribution in [0.1, 0.15) is 0 Å². The molecule has 0 aliphatic carbocycles. The van der Waals surface area contributed by atoms with Gasteiger partial charge in [0.1, 0.15) is 11.6 Å². The molecule has 0 fully saturated rings. The molecule has 0 bridgehead atoms. The molecule has 0 spiro atoms. The number of rotatable bonds is 4. The summed E-state index contributed by atoms with van der Waals surface area (Å²) in [5.74, 6) is -0.127. The van der Waals surface area contributed by atoms with Crippen molar-refractivity contribution >= 4 is 33.1 Å². The summed E-state index contributed by atoms with van der Waals surface area (Å²) in [4.78, 5) is 3.95. The van der Waals surface area contributed by atoms with Crippen LogP contribution in [0.25, 0.3) is 0 Å². The lowest BCUT2D eigenvalue weighted by Crippen LogP contribution is -2.13. The van der Waals surface area contributed by atoms with Crippen molar-refractivity contribution in [2.45, 2.75) is 4.90 Å². The Hall–Kier alpha value is -1.86. The Balaban J connectivity index is 2.35. The number of anilines is 2. The average Bonchev–Trinajstić information content (AvgIpc) is 2.42. The predicted octanol–water partition coefficient (Wildman–Crippen LogP) is 2.72. The summed E-state index contributed by atoms with van der Waals surface area (Å²) in [6, 6.07) is 6.13. The first kappa shape index (κ1) is 14.5. The molecule has 106 valence electrons. The number of hydrogen-bond acceptors (Lipinski definition) is 4. The van der Waals surface area contributed by atoms with Crippen molar-refractivity contribution in [2.24, 2.45) is 0 Å². The van der Waals surface area contributed by atoms with Crippen LogP contribution in [0, 0.1) is 5.82 Å². The van der Waals surface area contributed by atoms with Crippen molar-refractivity contribution in [1.82, 2.24) is 4.98 Å². The molecule has 1 aromatic carbocycles. The van der Waals surface area contributed by atoms with E-state index in [9.17, 15) is 12.8 Å². The number of pyridine rings is 1. The molecule has 0 aliphatic rings. The smallest absolute Gasteiger partial charge is 0.262 e. The molecule has 20 heavy (non-hydrogen) atoms. The summed E-state index contributed by atoms with van der Waals surface area (Å²) in [5.41, 5.74) is 0.107. The van der Waals surface area contributed by atoms with Gasteiger partial charge in [0.15, 0.2) is 0 Å². The van der Waals surface area contributed by atoms with Gasteiger partial charge >= 0.3 is 0 Å². The van der Waals surface area contributed by atoms with E-state index in [0.717, 1.165) is 12.1 Å². The first-order valence-electron chi connectivity index (χ1n) is 5.54. The molecule has 0 aliphatic heterocycles. The van der Waals surface area contributed by atoms with E-state index < -0.39 is 15.8 Å². The van der Waals surface area contributed by atoms with Gasteiger partial charge in [0, 0.05) is 19.3 Å². The zero-order valence-corrected chi connectivity index (χ0v) is 12.0. The Kier molecular flexibility index (Phi) is 4.10. The lowest BCUT2D eigenvalue weighted by Gasteiger charge is -2.10. The highest BCUT2D eigenvalue weighted by Gasteiger charge is 2.16. The van der Waals surface area contributed by atoms with E-state index in [1.165, 1.54) is 24.4 Å². The normalized spacial score (nSPS) is 11.2. The number of nitrogens with one attached hydrogen (secondary N) is 2. The van der Waals surface area contributed by atoms with E-state index >= 15 is 0 Å². The van der Waals surface area contributed by atoms with E-state index in [2.05, 4.69) is 15.0 Å². The predicted molar refractivity (Wildman–Crippen MR) is 76.0 cm³/mol. The van der Waals surface area contributed by atoms with Crippen LogP contribution in [0.5, 0.6) is 0 Å². The third kappa shape index (κ3) is 3.17. The van der Waals surface area contributed by atoms with Crippen LogP contribution in [-0.4, -0.2) is 20.4 Å². The highest BCUT2D eigenvalue weighted by Crippen LogP contribution is 2.25. The lowest BCUT2D eigenvalue weighted by molar-refractivity contribution is 0.601. The van der Waals surface area contributed by atoms with Crippen molar-refractivity contribution in [3.05, 3.63) is 47.4 Å². The van der Waals surface area contributed by atoms with E-state index in [1.54, 1.807) is 7.05 Å². The molecule has 0 saturated carbocycles. The Morgan fingerprint density at radius 2 is 2.00 bits per heavy atom. The number of halogens is 2. The van der Waals surface area contributed by atoms with Crippen LogP contribution in [0.4, 0.5) is 15.9 Å². The Labute approximate surface area is 120 Å². The fourth-order valence-electron chi connectivity index (χ4n) is 1.49. The minimum atomic E-state index is -3.82. The molecule has 2 rings (SSSR count). The molecular weight excluding hydrogens is 305 g/mol. The maximum atomic E-state index is 12.9. The van der Waals surface area contributed by atoms with Gasteiger partial charge in [0.2, 0.25) is 0 Å². The Morgan fingerprint density at radius 3 is 2.65 bits per heavy atom. The van der Waals surface area contributed by atoms with Crippen LogP contribution in [-0.2, 0) is 10.0 Å². The summed E-state index contributed by atoms with van der Waals surface area (Å²) in [6.45, 7) is 0. The van der Waals surface area contributed by atoms with Gasteiger partial charge in [0.05, 0.1) is 15.6 Å². The molecule has 2 N–H and O–H groups in total. The molecular formula is C12H11ClFN3O2S. The topological polar surface area (TPSA) is 71.1 Å². The van der Waals surface area contributed by atoms with Gasteiger partial charge in [-0.2, -0.15) is 0 Å². The Bertz CT molecular complexity index is 737. The summed E-state index contributed by atoms with van der Waals surface area (Å²) >= 11 is 5.79. The largest absolute Gasteiger partial charge is 0.373 e. The maximum absolute atomic E-state index is 12.9. The molecule has 0 radical (unpaired) electrons. The first-order valence-corrected chi connectivity index (χ1v) is 7.40. The molecule has 8 heteroatoms. The van der Waals surface area contributed by atoms with Crippen molar-refractivity contribution in [2.75, 3.05) is 17.1 Å². The quantitative estimate of drug-likeness (QED) is 0.910. The number of aromatic nitrogens is 1. The standard InChI is InChI=1S/C12H11ClFN3O2S/c1-15-12-7-9(4-5-16-12)20(18,19)17-11-3-2-8(14)6-10(11)13/h2-7,17H,1H3,(H,15,16). The fraction of sp³-hybridized carbons (Fsp3) is 0.0833. The SMILES string of the molecule is CNc1cc(S(=O)(=O)Nc2ccc(F)cc2Cl)ccn1. The van der Waals surface area contributed by atoms with Crippen molar-refractivity contribution in [1.29, 1.82) is 0 Å². The van der Waals surface area contributed by atoms with Gasteiger partial charge in [-0.25, -0.2) is 17.8 Å². The van der Waals surface area contributed by atoms with Gasteiger partial charge in [-0.15, -0.1) is 0 Å². The first-order chi connectivity index (χ1) is 9.42. The molecule has 1 aromatic heterocycles. The van der Waals surface area contributed by atoms with Gasteiger partial charge < -0.3 is 5.32 Å². The average molecular weight is 316 g/mol. The van der Waals surface area contributed by atoms with Crippen LogP contribution in [0.2, 0.25) is 5.02 Å². The van der Waals surface area contributed by atoms with Gasteiger partial charge in [-0.1, -0.05) is 11.6 Å². The number of hydrogen-bond donors (Lipinski definition) is 2. The van der Waals surface area contributed by atoms with Crippen LogP contribution in [0.15, 0.2) is 41.4 Å². The van der Waals surface area contributed by atoms with E-state index in [-0.39, 0.29) is 15.6 Å². The molecule has 0 saturated heterocycles.